The third kappa shape index (κ3) is 3.94. The van der Waals surface area contributed by atoms with Gasteiger partial charge in [-0.1, -0.05) is 6.92 Å². The predicted molar refractivity (Wildman–Crippen MR) is 115 cm³/mol. The van der Waals surface area contributed by atoms with E-state index in [0.29, 0.717) is 5.69 Å². The van der Waals surface area contributed by atoms with Crippen LogP contribution in [0.3, 0.4) is 0 Å². The quantitative estimate of drug-likeness (QED) is 0.345. The van der Waals surface area contributed by atoms with Crippen LogP contribution >= 0.6 is 0 Å². The highest BCUT2D eigenvalue weighted by atomic mass is 16.6. The van der Waals surface area contributed by atoms with Gasteiger partial charge in [0.1, 0.15) is 11.6 Å². The number of azo groups is 1. The Bertz CT molecular complexity index is 1170. The Kier molecular flexibility index (Phi) is 5.46. The predicted octanol–water partition coefficient (Wildman–Crippen LogP) is 5.82. The number of nitro benzene ring substituents is 2. The molecule has 0 saturated heterocycles. The van der Waals surface area contributed by atoms with Gasteiger partial charge in [-0.3, -0.25) is 20.2 Å². The van der Waals surface area contributed by atoms with Crippen molar-refractivity contribution in [2.24, 2.45) is 10.2 Å². The van der Waals surface area contributed by atoms with Crippen LogP contribution in [-0.4, -0.2) is 22.4 Å². The fourth-order valence-corrected chi connectivity index (χ4v) is 3.95. The van der Waals surface area contributed by atoms with Crippen molar-refractivity contribution in [3.8, 4) is 6.07 Å². The summed E-state index contributed by atoms with van der Waals surface area (Å²) in [5.74, 6) is 0.287. The second-order valence-electron chi connectivity index (χ2n) is 8.36. The number of aryl methyl sites for hydroxylation is 1. The Morgan fingerprint density at radius 3 is 2.29 bits per heavy atom. The number of nitriles is 1. The molecule has 2 aromatic carbocycles. The van der Waals surface area contributed by atoms with Gasteiger partial charge in [0, 0.05) is 18.3 Å². The largest absolute Gasteiger partial charge is 0.369 e. The highest BCUT2D eigenvalue weighted by Gasteiger charge is 2.34. The lowest BCUT2D eigenvalue weighted by molar-refractivity contribution is -0.393. The van der Waals surface area contributed by atoms with Crippen LogP contribution in [0.25, 0.3) is 0 Å². The monoisotopic (exact) mass is 422 g/mol. The van der Waals surface area contributed by atoms with E-state index in [1.54, 1.807) is 6.07 Å². The van der Waals surface area contributed by atoms with Gasteiger partial charge < -0.3 is 4.90 Å². The summed E-state index contributed by atoms with van der Waals surface area (Å²) in [5.41, 5.74) is 1.85. The normalized spacial score (nSPS) is 17.3. The van der Waals surface area contributed by atoms with E-state index in [0.717, 1.165) is 35.4 Å². The standard InChI is InChI=1S/C21H22N6O4/c1-12-6-19-15(13(2)10-21(3,4)25(19)5)8-16(12)23-24-17-7-14(11-22)18(26(28)29)9-20(17)27(30)31/h6-9,13H,10H2,1-5H3. The second-order valence-corrected chi connectivity index (χ2v) is 8.36. The Morgan fingerprint density at radius 2 is 1.71 bits per heavy atom. The molecule has 0 bridgehead atoms. The van der Waals surface area contributed by atoms with Crippen LogP contribution in [0.5, 0.6) is 0 Å². The molecular formula is C21H22N6O4. The third-order valence-electron chi connectivity index (χ3n) is 5.82. The molecule has 1 unspecified atom stereocenters. The van der Waals surface area contributed by atoms with Crippen LogP contribution in [0.2, 0.25) is 0 Å². The highest BCUT2D eigenvalue weighted by molar-refractivity contribution is 5.69. The summed E-state index contributed by atoms with van der Waals surface area (Å²) in [5, 5.41) is 39.9. The summed E-state index contributed by atoms with van der Waals surface area (Å²) in [6.45, 7) is 8.40. The minimum Gasteiger partial charge on any atom is -0.369 e. The van der Waals surface area contributed by atoms with E-state index in [1.165, 1.54) is 0 Å². The third-order valence-corrected chi connectivity index (χ3v) is 5.82. The first kappa shape index (κ1) is 21.8. The Morgan fingerprint density at radius 1 is 1.10 bits per heavy atom. The van der Waals surface area contributed by atoms with Crippen LogP contribution in [0.1, 0.15) is 49.8 Å². The second kappa shape index (κ2) is 7.75. The smallest absolute Gasteiger partial charge is 0.303 e. The fraction of sp³-hybridized carbons (Fsp3) is 0.381. The molecule has 0 N–H and O–H groups in total. The number of rotatable bonds is 4. The van der Waals surface area contributed by atoms with Gasteiger partial charge in [0.15, 0.2) is 5.69 Å². The van der Waals surface area contributed by atoms with Crippen molar-refractivity contribution in [1.82, 2.24) is 0 Å². The molecule has 0 saturated carbocycles. The average molecular weight is 422 g/mol. The zero-order valence-electron chi connectivity index (χ0n) is 17.9. The van der Waals surface area contributed by atoms with Crippen LogP contribution in [-0.2, 0) is 0 Å². The van der Waals surface area contributed by atoms with Crippen molar-refractivity contribution in [1.29, 1.82) is 5.26 Å². The molecule has 0 fully saturated rings. The van der Waals surface area contributed by atoms with Crippen molar-refractivity contribution in [3.63, 3.8) is 0 Å². The first-order valence-electron chi connectivity index (χ1n) is 9.63. The number of nitro groups is 2. The Hall–Kier alpha value is -3.87. The van der Waals surface area contributed by atoms with Crippen LogP contribution in [0.15, 0.2) is 34.5 Å². The van der Waals surface area contributed by atoms with E-state index in [4.69, 9.17) is 0 Å². The van der Waals surface area contributed by atoms with Crippen molar-refractivity contribution in [2.45, 2.75) is 45.6 Å². The van der Waals surface area contributed by atoms with Crippen LogP contribution < -0.4 is 4.90 Å². The minimum absolute atomic E-state index is 0.00888. The van der Waals surface area contributed by atoms with E-state index in [9.17, 15) is 25.5 Å². The zero-order valence-corrected chi connectivity index (χ0v) is 17.9. The van der Waals surface area contributed by atoms with Crippen LogP contribution in [0.4, 0.5) is 28.4 Å². The van der Waals surface area contributed by atoms with Crippen LogP contribution in [0, 0.1) is 38.5 Å². The first-order valence-corrected chi connectivity index (χ1v) is 9.63. The molecule has 0 radical (unpaired) electrons. The maximum atomic E-state index is 11.4. The lowest BCUT2D eigenvalue weighted by Gasteiger charge is -2.45. The Labute approximate surface area is 179 Å². The summed E-state index contributed by atoms with van der Waals surface area (Å²) in [6, 6.07) is 7.39. The molecular weight excluding hydrogens is 400 g/mol. The lowest BCUT2D eigenvalue weighted by atomic mass is 9.80. The molecule has 1 aliphatic rings. The molecule has 31 heavy (non-hydrogen) atoms. The van der Waals surface area contributed by atoms with Gasteiger partial charge in [0.25, 0.3) is 5.69 Å². The van der Waals surface area contributed by atoms with Gasteiger partial charge >= 0.3 is 5.69 Å². The molecule has 1 heterocycles. The molecule has 10 heteroatoms. The maximum Gasteiger partial charge on any atom is 0.303 e. The SMILES string of the molecule is Cc1cc2c(cc1N=Nc1cc(C#N)c([N+](=O)[O-])cc1[N+](=O)[O-])C(C)CC(C)(C)N2C. The van der Waals surface area contributed by atoms with Gasteiger partial charge in [-0.05, 0) is 62.4 Å². The molecule has 1 atom stereocenters. The van der Waals surface area contributed by atoms with Crippen molar-refractivity contribution in [2.75, 3.05) is 11.9 Å². The number of fused-ring (bicyclic) bond motifs is 1. The minimum atomic E-state index is -0.834. The molecule has 160 valence electrons. The molecule has 0 amide bonds. The first-order chi connectivity index (χ1) is 14.5. The molecule has 0 aliphatic carbocycles. The molecule has 0 aromatic heterocycles. The van der Waals surface area contributed by atoms with E-state index >= 15 is 0 Å². The topological polar surface area (TPSA) is 138 Å². The van der Waals surface area contributed by atoms with Crippen molar-refractivity contribution < 1.29 is 9.85 Å². The van der Waals surface area contributed by atoms with Gasteiger partial charge in [-0.15, -0.1) is 5.11 Å². The van der Waals surface area contributed by atoms with Gasteiger partial charge in [0.2, 0.25) is 0 Å². The summed E-state index contributed by atoms with van der Waals surface area (Å²) in [6.07, 6.45) is 0.954. The maximum absolute atomic E-state index is 11.4. The number of nitrogens with zero attached hydrogens (tertiary/aromatic N) is 6. The zero-order chi connectivity index (χ0) is 23.1. The number of hydrogen-bond donors (Lipinski definition) is 0. The molecule has 2 aromatic rings. The fourth-order valence-electron chi connectivity index (χ4n) is 3.95. The number of benzene rings is 2. The summed E-state index contributed by atoms with van der Waals surface area (Å²) in [7, 11) is 2.05. The number of anilines is 1. The lowest BCUT2D eigenvalue weighted by Crippen LogP contribution is -2.45. The Balaban J connectivity index is 2.09. The molecule has 3 rings (SSSR count). The summed E-state index contributed by atoms with van der Waals surface area (Å²) in [4.78, 5) is 23.1. The van der Waals surface area contributed by atoms with Crippen molar-refractivity contribution >= 4 is 28.4 Å². The average Bonchev–Trinajstić information content (AvgIpc) is 2.69. The molecule has 0 spiro atoms. The van der Waals surface area contributed by atoms with E-state index in [-0.39, 0.29) is 22.7 Å². The highest BCUT2D eigenvalue weighted by Crippen LogP contribution is 2.45. The van der Waals surface area contributed by atoms with E-state index < -0.39 is 21.2 Å². The molecule has 10 nitrogen and oxygen atoms in total. The van der Waals surface area contributed by atoms with Gasteiger partial charge in [-0.25, -0.2) is 0 Å². The molecule has 1 aliphatic heterocycles. The van der Waals surface area contributed by atoms with Crippen molar-refractivity contribution in [3.05, 3.63) is 61.2 Å². The van der Waals surface area contributed by atoms with E-state index in [1.807, 2.05) is 19.1 Å². The number of hydrogen-bond acceptors (Lipinski definition) is 8. The summed E-state index contributed by atoms with van der Waals surface area (Å²) >= 11 is 0. The van der Waals surface area contributed by atoms with Gasteiger partial charge in [0.05, 0.1) is 21.6 Å². The summed E-state index contributed by atoms with van der Waals surface area (Å²) < 4.78 is 0. The van der Waals surface area contributed by atoms with E-state index in [2.05, 4.69) is 42.9 Å². The van der Waals surface area contributed by atoms with Gasteiger partial charge in [-0.2, -0.15) is 10.4 Å².